The third-order valence-electron chi connectivity index (χ3n) is 1.32. The van der Waals surface area contributed by atoms with E-state index in [1.54, 1.807) is 0 Å². The van der Waals surface area contributed by atoms with Crippen LogP contribution in [0.2, 0.25) is 0 Å². The van der Waals surface area contributed by atoms with Gasteiger partial charge in [-0.2, -0.15) is 5.48 Å². The maximum atomic E-state index is 10.1. The van der Waals surface area contributed by atoms with Crippen molar-refractivity contribution in [3.05, 3.63) is 9.81 Å². The minimum atomic E-state index is -2.39. The van der Waals surface area contributed by atoms with Gasteiger partial charge in [-0.15, -0.1) is 9.81 Å². The summed E-state index contributed by atoms with van der Waals surface area (Å²) in [4.78, 5) is 30.2. The molecule has 8 heteroatoms. The summed E-state index contributed by atoms with van der Waals surface area (Å²) in [5.41, 5.74) is -1.06. The van der Waals surface area contributed by atoms with Gasteiger partial charge in [0.25, 0.3) is 5.66 Å². The van der Waals surface area contributed by atoms with Crippen LogP contribution in [-0.4, -0.2) is 34.9 Å². The molecule has 12 heavy (non-hydrogen) atoms. The van der Waals surface area contributed by atoms with Crippen LogP contribution >= 0.6 is 0 Å². The van der Waals surface area contributed by atoms with Gasteiger partial charge in [0.1, 0.15) is 12.3 Å². The van der Waals surface area contributed by atoms with Crippen molar-refractivity contribution in [1.82, 2.24) is 5.48 Å². The van der Waals surface area contributed by atoms with Gasteiger partial charge < -0.3 is 15.1 Å². The first-order valence-corrected chi connectivity index (χ1v) is 2.85. The van der Waals surface area contributed by atoms with Crippen LogP contribution in [-0.2, 0) is 4.79 Å². The Balaban J connectivity index is 4.77. The molecule has 68 valence electrons. The maximum Gasteiger partial charge on any atom is 0.278 e. The number of nitrogens with one attached hydrogen (secondary N) is 1. The summed E-state index contributed by atoms with van der Waals surface area (Å²) < 4.78 is 0. The van der Waals surface area contributed by atoms with E-state index in [2.05, 4.69) is 10.4 Å². The Morgan fingerprint density at radius 2 is 2.00 bits per heavy atom. The fourth-order valence-electron chi connectivity index (χ4n) is 0.529. The zero-order chi connectivity index (χ0) is 9.61. The van der Waals surface area contributed by atoms with Crippen molar-refractivity contribution in [2.75, 3.05) is 6.61 Å². The summed E-state index contributed by atoms with van der Waals surface area (Å²) >= 11 is 0. The van der Waals surface area contributed by atoms with Crippen molar-refractivity contribution in [3.8, 4) is 0 Å². The second-order valence-electron chi connectivity index (χ2n) is 1.96. The highest BCUT2D eigenvalue weighted by atomic mass is 16.5. The molecule has 0 saturated heterocycles. The van der Waals surface area contributed by atoms with E-state index in [-0.39, 0.29) is 6.29 Å². The summed E-state index contributed by atoms with van der Waals surface area (Å²) in [6.07, 6.45) is 0.0407. The van der Waals surface area contributed by atoms with Crippen LogP contribution in [0, 0.1) is 9.81 Å². The van der Waals surface area contributed by atoms with Crippen LogP contribution in [0.4, 0.5) is 0 Å². The van der Waals surface area contributed by atoms with Gasteiger partial charge in [0.2, 0.25) is 0 Å². The van der Waals surface area contributed by atoms with E-state index < -0.39 is 18.3 Å². The molecule has 1 atom stereocenters. The van der Waals surface area contributed by atoms with Gasteiger partial charge in [0.05, 0.1) is 6.61 Å². The number of aliphatic hydroxyl groups is 1. The zero-order valence-corrected chi connectivity index (χ0v) is 5.88. The molecule has 0 rings (SSSR count). The highest BCUT2D eigenvalue weighted by molar-refractivity contribution is 5.60. The zero-order valence-electron chi connectivity index (χ0n) is 5.88. The first kappa shape index (κ1) is 10.8. The Morgan fingerprint density at radius 3 is 2.08 bits per heavy atom. The summed E-state index contributed by atoms with van der Waals surface area (Å²) in [5.74, 6) is 0. The molecule has 0 spiro atoms. The second kappa shape index (κ2) is 4.59. The molecule has 0 bridgehead atoms. The topological polar surface area (TPSA) is 128 Å². The van der Waals surface area contributed by atoms with E-state index in [0.717, 1.165) is 0 Å². The first-order valence-electron chi connectivity index (χ1n) is 2.85. The highest BCUT2D eigenvalue weighted by Crippen LogP contribution is 2.15. The largest absolute Gasteiger partial charge is 0.391 e. The molecule has 0 heterocycles. The molecule has 0 fully saturated rings. The molecule has 0 saturated carbocycles. The number of hydroxylamine groups is 1. The van der Waals surface area contributed by atoms with Gasteiger partial charge in [-0.1, -0.05) is 0 Å². The number of hydrogen-bond acceptors (Lipinski definition) is 8. The third kappa shape index (κ3) is 1.67. The Labute approximate surface area is 66.5 Å². The highest BCUT2D eigenvalue weighted by Gasteiger charge is 2.42. The SMILES string of the molecule is O=CC(NO)C(CO)(N=O)N=O. The lowest BCUT2D eigenvalue weighted by atomic mass is 10.1. The van der Waals surface area contributed by atoms with E-state index in [4.69, 9.17) is 10.3 Å². The molecule has 0 aliphatic carbocycles. The molecule has 0 aliphatic heterocycles. The summed E-state index contributed by atoms with van der Waals surface area (Å²) in [6.45, 7) is -1.06. The van der Waals surface area contributed by atoms with E-state index >= 15 is 0 Å². The standard InChI is InChI=1S/C4H7N3O5/c8-1-3(5-10)4(2-9,6-11)7-12/h1,3,5,9-10H,2H2. The van der Waals surface area contributed by atoms with Gasteiger partial charge >= 0.3 is 0 Å². The fraction of sp³-hybridized carbons (Fsp3) is 0.750. The predicted octanol–water partition coefficient (Wildman–Crippen LogP) is -1.25. The maximum absolute atomic E-state index is 10.1. The Bertz CT molecular complexity index is 176. The van der Waals surface area contributed by atoms with Crippen LogP contribution < -0.4 is 5.48 Å². The third-order valence-corrected chi connectivity index (χ3v) is 1.32. The van der Waals surface area contributed by atoms with E-state index in [9.17, 15) is 14.6 Å². The smallest absolute Gasteiger partial charge is 0.278 e. The number of carbonyl (C=O) groups excluding carboxylic acids is 1. The molecule has 0 radical (unpaired) electrons. The minimum absolute atomic E-state index is 0.0407. The van der Waals surface area contributed by atoms with Gasteiger partial charge in [-0.25, -0.2) is 0 Å². The molecular formula is C4H7N3O5. The number of carbonyl (C=O) groups is 1. The molecule has 8 nitrogen and oxygen atoms in total. The Morgan fingerprint density at radius 1 is 1.50 bits per heavy atom. The average Bonchev–Trinajstić information content (AvgIpc) is 2.14. The average molecular weight is 177 g/mol. The van der Waals surface area contributed by atoms with Crippen molar-refractivity contribution < 1.29 is 15.1 Å². The molecule has 3 N–H and O–H groups in total. The fourth-order valence-corrected chi connectivity index (χ4v) is 0.529. The van der Waals surface area contributed by atoms with Crippen molar-refractivity contribution in [1.29, 1.82) is 0 Å². The minimum Gasteiger partial charge on any atom is -0.391 e. The Kier molecular flexibility index (Phi) is 4.11. The van der Waals surface area contributed by atoms with Crippen molar-refractivity contribution in [2.45, 2.75) is 11.7 Å². The lowest BCUT2D eigenvalue weighted by Crippen LogP contribution is -2.50. The van der Waals surface area contributed by atoms with Gasteiger partial charge in [-0.3, -0.25) is 0 Å². The summed E-state index contributed by atoms with van der Waals surface area (Å²) in [6, 6.07) is -1.64. The number of rotatable bonds is 6. The van der Waals surface area contributed by atoms with E-state index in [0.29, 0.717) is 0 Å². The quantitative estimate of drug-likeness (QED) is 0.264. The monoisotopic (exact) mass is 177 g/mol. The number of nitroso groups, excluding NO2 is 2. The molecule has 0 aliphatic rings. The molecule has 0 amide bonds. The molecular weight excluding hydrogens is 170 g/mol. The van der Waals surface area contributed by atoms with Crippen molar-refractivity contribution >= 4 is 6.29 Å². The van der Waals surface area contributed by atoms with Crippen LogP contribution in [0.3, 0.4) is 0 Å². The van der Waals surface area contributed by atoms with Gasteiger partial charge in [0, 0.05) is 0 Å². The van der Waals surface area contributed by atoms with Crippen LogP contribution in [0.15, 0.2) is 10.4 Å². The lowest BCUT2D eigenvalue weighted by molar-refractivity contribution is -0.114. The number of nitrogens with zero attached hydrogens (tertiary/aromatic N) is 2. The number of aldehydes is 1. The number of aliphatic hydroxyl groups excluding tert-OH is 1. The second-order valence-corrected chi connectivity index (χ2v) is 1.96. The molecule has 0 aromatic heterocycles. The molecule has 1 unspecified atom stereocenters. The Hall–Kier alpha value is -1.25. The predicted molar refractivity (Wildman–Crippen MR) is 36.2 cm³/mol. The summed E-state index contributed by atoms with van der Waals surface area (Å²) in [7, 11) is 0. The van der Waals surface area contributed by atoms with Gasteiger partial charge in [-0.05, 0) is 10.4 Å². The van der Waals surface area contributed by atoms with E-state index in [1.807, 2.05) is 0 Å². The van der Waals surface area contributed by atoms with Crippen LogP contribution in [0.5, 0.6) is 0 Å². The van der Waals surface area contributed by atoms with Crippen molar-refractivity contribution in [2.24, 2.45) is 10.4 Å². The lowest BCUT2D eigenvalue weighted by Gasteiger charge is -2.19. The van der Waals surface area contributed by atoms with Crippen molar-refractivity contribution in [3.63, 3.8) is 0 Å². The van der Waals surface area contributed by atoms with Crippen LogP contribution in [0.25, 0.3) is 0 Å². The number of hydrogen-bond donors (Lipinski definition) is 3. The first-order chi connectivity index (χ1) is 5.70. The molecule has 0 aromatic carbocycles. The molecule has 0 aromatic rings. The van der Waals surface area contributed by atoms with Gasteiger partial charge in [0.15, 0.2) is 0 Å². The van der Waals surface area contributed by atoms with E-state index in [1.165, 1.54) is 5.48 Å². The normalized spacial score (nSPS) is 13.5. The van der Waals surface area contributed by atoms with Crippen LogP contribution in [0.1, 0.15) is 0 Å². The summed E-state index contributed by atoms with van der Waals surface area (Å²) in [5, 5.41) is 21.1.